The lowest BCUT2D eigenvalue weighted by atomic mass is 10.00. The summed E-state index contributed by atoms with van der Waals surface area (Å²) < 4.78 is 2.03. The van der Waals surface area contributed by atoms with Gasteiger partial charge in [-0.05, 0) is 72.7 Å². The standard InChI is InChI=1S/C35H35N9O2/c1-23-15-26(17-28-20-38-41-32(23)28)18-31(33-37-11-14-43(33)21-25-6-4-5-24(16-25)19-36)40-34(45)42-12-9-29(10-13-42)44-22-27-7-2-3-8-30(27)39-35(44)46/h2-8,11,14-17,20,29,31H,9-10,12-13,18,21-22H2,1H3,(H,38,41)(H,39,46)(H,40,45). The molecule has 3 N–H and O–H groups in total. The molecule has 2 aliphatic rings. The van der Waals surface area contributed by atoms with Crippen molar-refractivity contribution in [1.29, 1.82) is 5.26 Å². The van der Waals surface area contributed by atoms with Crippen LogP contribution >= 0.6 is 0 Å². The molecule has 2 aliphatic heterocycles. The summed E-state index contributed by atoms with van der Waals surface area (Å²) in [5.74, 6) is 0.735. The van der Waals surface area contributed by atoms with Crippen LogP contribution in [0.15, 0.2) is 79.3 Å². The second kappa shape index (κ2) is 12.4. The van der Waals surface area contributed by atoms with Crippen molar-refractivity contribution < 1.29 is 9.59 Å². The van der Waals surface area contributed by atoms with Crippen molar-refractivity contribution in [2.75, 3.05) is 18.4 Å². The lowest BCUT2D eigenvalue weighted by molar-refractivity contribution is 0.127. The summed E-state index contributed by atoms with van der Waals surface area (Å²) in [6.07, 6.45) is 7.41. The molecule has 0 saturated carbocycles. The number of nitrogens with one attached hydrogen (secondary N) is 3. The Bertz CT molecular complexity index is 1950. The molecule has 2 aromatic heterocycles. The molecule has 1 atom stereocenters. The van der Waals surface area contributed by atoms with E-state index in [0.717, 1.165) is 44.7 Å². The van der Waals surface area contributed by atoms with Crippen LogP contribution in [0.3, 0.4) is 0 Å². The monoisotopic (exact) mass is 613 g/mol. The average molecular weight is 614 g/mol. The van der Waals surface area contributed by atoms with Crippen molar-refractivity contribution in [2.45, 2.75) is 51.4 Å². The van der Waals surface area contributed by atoms with Crippen molar-refractivity contribution in [2.24, 2.45) is 0 Å². The van der Waals surface area contributed by atoms with E-state index in [4.69, 9.17) is 4.98 Å². The molecule has 11 heteroatoms. The number of anilines is 1. The van der Waals surface area contributed by atoms with Crippen LogP contribution in [0, 0.1) is 18.3 Å². The van der Waals surface area contributed by atoms with E-state index in [1.54, 1.807) is 12.3 Å². The lowest BCUT2D eigenvalue weighted by Crippen LogP contribution is -2.53. The third kappa shape index (κ3) is 5.89. The highest BCUT2D eigenvalue weighted by atomic mass is 16.2. The number of piperidine rings is 1. The number of urea groups is 2. The van der Waals surface area contributed by atoms with Crippen LogP contribution in [0.5, 0.6) is 0 Å². The van der Waals surface area contributed by atoms with Gasteiger partial charge in [0.2, 0.25) is 0 Å². The molecule has 0 bridgehead atoms. The molecule has 0 spiro atoms. The highest BCUT2D eigenvalue weighted by molar-refractivity contribution is 5.92. The molecule has 5 aromatic rings. The van der Waals surface area contributed by atoms with Crippen molar-refractivity contribution in [3.8, 4) is 6.07 Å². The number of H-pyrrole nitrogens is 1. The second-order valence-corrected chi connectivity index (χ2v) is 12.1. The number of para-hydroxylation sites is 1. The molecule has 1 fully saturated rings. The number of amides is 4. The second-order valence-electron chi connectivity index (χ2n) is 12.1. The maximum atomic E-state index is 13.8. The minimum absolute atomic E-state index is 0.0564. The predicted molar refractivity (Wildman–Crippen MR) is 174 cm³/mol. The number of carbonyl (C=O) groups excluding carboxylic acids is 2. The molecule has 0 aliphatic carbocycles. The molecule has 11 nitrogen and oxygen atoms in total. The van der Waals surface area contributed by atoms with E-state index in [2.05, 4.69) is 39.0 Å². The number of hydrogen-bond acceptors (Lipinski definition) is 5. The average Bonchev–Trinajstić information content (AvgIpc) is 3.74. The number of aryl methyl sites for hydroxylation is 1. The summed E-state index contributed by atoms with van der Waals surface area (Å²) in [7, 11) is 0. The first-order valence-electron chi connectivity index (χ1n) is 15.6. The molecule has 1 unspecified atom stereocenters. The fraction of sp³-hybridized carbons (Fsp3) is 0.286. The molecular weight excluding hydrogens is 578 g/mol. The summed E-state index contributed by atoms with van der Waals surface area (Å²) in [4.78, 5) is 35.2. The largest absolute Gasteiger partial charge is 0.329 e. The number of hydrogen-bond donors (Lipinski definition) is 3. The van der Waals surface area contributed by atoms with E-state index in [9.17, 15) is 14.9 Å². The van der Waals surface area contributed by atoms with Gasteiger partial charge >= 0.3 is 12.1 Å². The predicted octanol–water partition coefficient (Wildman–Crippen LogP) is 5.49. The number of aromatic amines is 1. The van der Waals surface area contributed by atoms with Crippen LogP contribution in [-0.2, 0) is 19.5 Å². The van der Waals surface area contributed by atoms with Gasteiger partial charge in [-0.3, -0.25) is 5.10 Å². The van der Waals surface area contributed by atoms with Crippen molar-refractivity contribution in [1.82, 2.24) is 34.9 Å². The molecule has 46 heavy (non-hydrogen) atoms. The van der Waals surface area contributed by atoms with Crippen molar-refractivity contribution in [3.05, 3.63) is 113 Å². The summed E-state index contributed by atoms with van der Waals surface area (Å²) in [6.45, 7) is 4.23. The smallest absolute Gasteiger partial charge is 0.322 e. The van der Waals surface area contributed by atoms with E-state index >= 15 is 0 Å². The van der Waals surface area contributed by atoms with Gasteiger partial charge in [0.05, 0.1) is 29.4 Å². The van der Waals surface area contributed by atoms with Crippen LogP contribution in [-0.4, -0.2) is 60.7 Å². The van der Waals surface area contributed by atoms with Gasteiger partial charge in [0.25, 0.3) is 0 Å². The zero-order chi connectivity index (χ0) is 31.6. The molecule has 232 valence electrons. The maximum absolute atomic E-state index is 13.8. The van der Waals surface area contributed by atoms with Crippen LogP contribution in [0.25, 0.3) is 10.9 Å². The van der Waals surface area contributed by atoms with Gasteiger partial charge in [-0.1, -0.05) is 36.4 Å². The number of nitriles is 1. The van der Waals surface area contributed by atoms with Crippen molar-refractivity contribution in [3.63, 3.8) is 0 Å². The first-order valence-corrected chi connectivity index (χ1v) is 15.6. The Balaban J connectivity index is 1.09. The number of fused-ring (bicyclic) bond motifs is 2. The number of rotatable bonds is 7. The van der Waals surface area contributed by atoms with Crippen LogP contribution in [0.2, 0.25) is 0 Å². The van der Waals surface area contributed by atoms with E-state index in [0.29, 0.717) is 51.0 Å². The van der Waals surface area contributed by atoms with E-state index in [-0.39, 0.29) is 18.1 Å². The normalized spacial score (nSPS) is 15.7. The van der Waals surface area contributed by atoms with Crippen LogP contribution in [0.4, 0.5) is 15.3 Å². The maximum Gasteiger partial charge on any atom is 0.322 e. The number of likely N-dealkylation sites (tertiary alicyclic amines) is 1. The zero-order valence-corrected chi connectivity index (χ0v) is 25.6. The van der Waals surface area contributed by atoms with Gasteiger partial charge in [0, 0.05) is 55.7 Å². The van der Waals surface area contributed by atoms with Gasteiger partial charge in [0.1, 0.15) is 5.82 Å². The fourth-order valence-corrected chi connectivity index (χ4v) is 6.71. The lowest BCUT2D eigenvalue weighted by Gasteiger charge is -2.40. The number of aromatic nitrogens is 4. The minimum atomic E-state index is -0.410. The third-order valence-corrected chi connectivity index (χ3v) is 9.06. The third-order valence-electron chi connectivity index (χ3n) is 9.06. The molecule has 7 rings (SSSR count). The van der Waals surface area contributed by atoms with E-state index < -0.39 is 6.04 Å². The van der Waals surface area contributed by atoms with Gasteiger partial charge < -0.3 is 25.0 Å². The number of benzene rings is 3. The van der Waals surface area contributed by atoms with Gasteiger partial charge in [0.15, 0.2) is 0 Å². The Morgan fingerprint density at radius 1 is 1.11 bits per heavy atom. The summed E-state index contributed by atoms with van der Waals surface area (Å²) >= 11 is 0. The Labute approximate surface area is 266 Å². The highest BCUT2D eigenvalue weighted by Gasteiger charge is 2.33. The first kappa shape index (κ1) is 29.1. The van der Waals surface area contributed by atoms with Gasteiger partial charge in [-0.2, -0.15) is 10.4 Å². The number of imidazole rings is 1. The number of carbonyl (C=O) groups is 2. The molecular formula is C35H35N9O2. The Kier molecular flexibility index (Phi) is 7.84. The van der Waals surface area contributed by atoms with Gasteiger partial charge in [-0.15, -0.1) is 0 Å². The Morgan fingerprint density at radius 2 is 1.96 bits per heavy atom. The summed E-state index contributed by atoms with van der Waals surface area (Å²) in [5, 5.41) is 24.0. The van der Waals surface area contributed by atoms with Crippen LogP contribution < -0.4 is 10.6 Å². The molecule has 3 aromatic carbocycles. The fourth-order valence-electron chi connectivity index (χ4n) is 6.71. The molecule has 1 saturated heterocycles. The van der Waals surface area contributed by atoms with Crippen molar-refractivity contribution >= 4 is 28.7 Å². The molecule has 0 radical (unpaired) electrons. The van der Waals surface area contributed by atoms with Crippen LogP contribution in [0.1, 0.15) is 52.5 Å². The Morgan fingerprint density at radius 3 is 2.80 bits per heavy atom. The summed E-state index contributed by atoms with van der Waals surface area (Å²) in [6, 6.07) is 21.2. The quantitative estimate of drug-likeness (QED) is 0.223. The SMILES string of the molecule is Cc1cc(CC(NC(=O)N2CCC(N3Cc4ccccc4NC3=O)CC2)c2nccn2Cc2cccc(C#N)c2)cc2cn[nH]c12. The topological polar surface area (TPSA) is 135 Å². The molecule has 4 amide bonds. The summed E-state index contributed by atoms with van der Waals surface area (Å²) in [5.41, 5.74) is 6.68. The zero-order valence-electron chi connectivity index (χ0n) is 25.6. The van der Waals surface area contributed by atoms with E-state index in [1.807, 2.05) is 76.1 Å². The Hall–Kier alpha value is -5.63. The number of nitrogens with zero attached hydrogens (tertiary/aromatic N) is 6. The van der Waals surface area contributed by atoms with Gasteiger partial charge in [-0.25, -0.2) is 14.6 Å². The highest BCUT2D eigenvalue weighted by Crippen LogP contribution is 2.28. The van der Waals surface area contributed by atoms with E-state index in [1.165, 1.54) is 0 Å². The molecule has 4 heterocycles. The first-order chi connectivity index (χ1) is 22.4. The minimum Gasteiger partial charge on any atom is -0.329 e.